The van der Waals surface area contributed by atoms with E-state index in [1.165, 1.54) is 29.8 Å². The maximum Gasteiger partial charge on any atom is 0.252 e. The lowest BCUT2D eigenvalue weighted by Gasteiger charge is -2.33. The molecule has 4 rings (SSSR count). The second kappa shape index (κ2) is 9.67. The average molecular weight is 450 g/mol. The lowest BCUT2D eigenvalue weighted by atomic mass is 9.96. The molecule has 0 saturated carbocycles. The van der Waals surface area contributed by atoms with Crippen molar-refractivity contribution in [3.8, 4) is 0 Å². The lowest BCUT2D eigenvalue weighted by Crippen LogP contribution is -2.56. The van der Waals surface area contributed by atoms with Crippen molar-refractivity contribution in [2.45, 2.75) is 25.8 Å². The van der Waals surface area contributed by atoms with Crippen LogP contribution in [0.3, 0.4) is 0 Å². The molecule has 0 unspecified atom stereocenters. The summed E-state index contributed by atoms with van der Waals surface area (Å²) >= 11 is 0. The van der Waals surface area contributed by atoms with E-state index < -0.39 is 17.3 Å². The van der Waals surface area contributed by atoms with Crippen LogP contribution in [0.15, 0.2) is 60.9 Å². The molecule has 1 aliphatic rings. The third-order valence-electron chi connectivity index (χ3n) is 5.92. The second-order valence-corrected chi connectivity index (χ2v) is 9.04. The van der Waals surface area contributed by atoms with Gasteiger partial charge in [0, 0.05) is 42.4 Å². The number of rotatable bonds is 5. The fourth-order valence-electron chi connectivity index (χ4n) is 4.19. The number of carbonyl (C=O) groups is 2. The highest BCUT2D eigenvalue weighted by atomic mass is 19.1. The van der Waals surface area contributed by atoms with Crippen LogP contribution in [0.4, 0.5) is 4.39 Å². The van der Waals surface area contributed by atoms with Crippen LogP contribution in [0, 0.1) is 11.7 Å². The Morgan fingerprint density at radius 3 is 2.73 bits per heavy atom. The molecule has 7 heteroatoms. The number of aromatic nitrogens is 1. The predicted octanol–water partition coefficient (Wildman–Crippen LogP) is 3.60. The number of fused-ring (bicyclic) bond motifs is 1. The summed E-state index contributed by atoms with van der Waals surface area (Å²) in [6, 6.07) is 13.6. The minimum Gasteiger partial charge on any atom is -0.379 e. The van der Waals surface area contributed by atoms with Crippen molar-refractivity contribution in [3.63, 3.8) is 0 Å². The maximum absolute atomic E-state index is 13.4. The number of nitrogens with one attached hydrogen (secondary N) is 1. The lowest BCUT2D eigenvalue weighted by molar-refractivity contribution is -0.137. The summed E-state index contributed by atoms with van der Waals surface area (Å²) in [5.74, 6) is -0.861. The Morgan fingerprint density at radius 2 is 1.94 bits per heavy atom. The molecule has 172 valence electrons. The quantitative estimate of drug-likeness (QED) is 0.646. The predicted molar refractivity (Wildman–Crippen MR) is 124 cm³/mol. The van der Waals surface area contributed by atoms with Gasteiger partial charge < -0.3 is 15.0 Å². The van der Waals surface area contributed by atoms with E-state index in [0.29, 0.717) is 31.9 Å². The molecule has 0 spiro atoms. The van der Waals surface area contributed by atoms with Crippen LogP contribution in [0.5, 0.6) is 0 Å². The fraction of sp³-hybridized carbons (Fsp3) is 0.346. The molecule has 0 aliphatic carbocycles. The minimum atomic E-state index is -1.11. The number of halogens is 1. The Morgan fingerprint density at radius 1 is 1.15 bits per heavy atom. The van der Waals surface area contributed by atoms with Crippen LogP contribution in [-0.4, -0.2) is 53.5 Å². The van der Waals surface area contributed by atoms with Crippen molar-refractivity contribution in [2.24, 2.45) is 5.92 Å². The van der Waals surface area contributed by atoms with Crippen molar-refractivity contribution in [1.29, 1.82) is 0 Å². The summed E-state index contributed by atoms with van der Waals surface area (Å²) in [6.45, 7) is 5.41. The molecular formula is C26H28FN3O3. The van der Waals surface area contributed by atoms with Crippen molar-refractivity contribution >= 4 is 22.6 Å². The highest BCUT2D eigenvalue weighted by Gasteiger charge is 2.35. The van der Waals surface area contributed by atoms with Crippen molar-refractivity contribution in [1.82, 2.24) is 15.2 Å². The van der Waals surface area contributed by atoms with Gasteiger partial charge in [-0.1, -0.05) is 18.2 Å². The third-order valence-corrected chi connectivity index (χ3v) is 5.92. The van der Waals surface area contributed by atoms with E-state index in [-0.39, 0.29) is 11.8 Å². The van der Waals surface area contributed by atoms with Gasteiger partial charge in [0.05, 0.1) is 13.2 Å². The first-order valence-corrected chi connectivity index (χ1v) is 11.1. The molecule has 0 bridgehead atoms. The molecule has 0 radical (unpaired) electrons. The van der Waals surface area contributed by atoms with Crippen LogP contribution >= 0.6 is 0 Å². The number of hydrogen-bond acceptors (Lipinski definition) is 4. The normalized spacial score (nSPS) is 16.9. The van der Waals surface area contributed by atoms with Gasteiger partial charge in [0.1, 0.15) is 11.4 Å². The smallest absolute Gasteiger partial charge is 0.252 e. The van der Waals surface area contributed by atoms with Crippen LogP contribution < -0.4 is 5.32 Å². The van der Waals surface area contributed by atoms with E-state index >= 15 is 0 Å². The fourth-order valence-corrected chi connectivity index (χ4v) is 4.19. The summed E-state index contributed by atoms with van der Waals surface area (Å²) in [7, 11) is 0. The van der Waals surface area contributed by atoms with Crippen molar-refractivity contribution in [3.05, 3.63) is 77.9 Å². The number of carbonyl (C=O) groups excluding carboxylic acids is 2. The largest absolute Gasteiger partial charge is 0.379 e. The third kappa shape index (κ3) is 5.54. The molecule has 1 fully saturated rings. The van der Waals surface area contributed by atoms with Gasteiger partial charge in [-0.05, 0) is 61.5 Å². The van der Waals surface area contributed by atoms with E-state index in [9.17, 15) is 14.0 Å². The molecule has 2 amide bonds. The molecule has 3 aromatic rings. The zero-order valence-corrected chi connectivity index (χ0v) is 18.9. The van der Waals surface area contributed by atoms with Gasteiger partial charge in [0.25, 0.3) is 5.91 Å². The second-order valence-electron chi connectivity index (χ2n) is 9.04. The maximum atomic E-state index is 13.4. The molecule has 1 atom stereocenters. The highest BCUT2D eigenvalue weighted by molar-refractivity contribution is 5.98. The van der Waals surface area contributed by atoms with Crippen LogP contribution in [0.1, 0.15) is 29.8 Å². The Balaban J connectivity index is 1.43. The highest BCUT2D eigenvalue weighted by Crippen LogP contribution is 2.21. The Bertz CT molecular complexity index is 1150. The van der Waals surface area contributed by atoms with Gasteiger partial charge in [0.15, 0.2) is 0 Å². The first kappa shape index (κ1) is 22.9. The van der Waals surface area contributed by atoms with Gasteiger partial charge in [-0.3, -0.25) is 14.6 Å². The number of hydrogen-bond donors (Lipinski definition) is 1. The van der Waals surface area contributed by atoms with E-state index in [1.54, 1.807) is 24.9 Å². The van der Waals surface area contributed by atoms with Gasteiger partial charge >= 0.3 is 0 Å². The van der Waals surface area contributed by atoms with Gasteiger partial charge in [-0.15, -0.1) is 0 Å². The number of pyridine rings is 1. The molecule has 1 N–H and O–H groups in total. The van der Waals surface area contributed by atoms with E-state index in [0.717, 1.165) is 17.2 Å². The summed E-state index contributed by atoms with van der Waals surface area (Å²) in [4.78, 5) is 31.9. The molecule has 1 saturated heterocycles. The van der Waals surface area contributed by atoms with Gasteiger partial charge in [-0.2, -0.15) is 0 Å². The molecule has 2 aromatic carbocycles. The molecule has 33 heavy (non-hydrogen) atoms. The monoisotopic (exact) mass is 449 g/mol. The van der Waals surface area contributed by atoms with E-state index in [1.807, 2.05) is 12.3 Å². The van der Waals surface area contributed by atoms with Crippen LogP contribution in [0.2, 0.25) is 0 Å². The summed E-state index contributed by atoms with van der Waals surface area (Å²) < 4.78 is 19.0. The van der Waals surface area contributed by atoms with Crippen LogP contribution in [0.25, 0.3) is 10.8 Å². The Hall–Kier alpha value is -3.32. The number of benzene rings is 2. The Kier molecular flexibility index (Phi) is 6.70. The molecule has 2 heterocycles. The van der Waals surface area contributed by atoms with Gasteiger partial charge in [-0.25, -0.2) is 4.39 Å². The molecule has 1 aliphatic heterocycles. The van der Waals surface area contributed by atoms with E-state index in [2.05, 4.69) is 28.5 Å². The summed E-state index contributed by atoms with van der Waals surface area (Å²) in [6.07, 6.45) is 4.41. The zero-order chi connectivity index (χ0) is 23.4. The molecule has 1 aromatic heterocycles. The standard InChI is InChI=1S/C26H28FN3O3/c1-26(2,29-24(31)20-5-7-23(27)8-6-20)25(32)30-11-12-33-17-19(16-30)13-18-3-4-22-15-28-10-9-21(22)14-18/h3-10,14-15,19H,11-13,16-17H2,1-2H3,(H,29,31)/t19-/m1/s1. The zero-order valence-electron chi connectivity index (χ0n) is 18.9. The summed E-state index contributed by atoms with van der Waals surface area (Å²) in [5.41, 5.74) is 0.373. The topological polar surface area (TPSA) is 71.5 Å². The first-order valence-electron chi connectivity index (χ1n) is 11.1. The number of nitrogens with zero attached hydrogens (tertiary/aromatic N) is 2. The molecular weight excluding hydrogens is 421 g/mol. The van der Waals surface area contributed by atoms with Gasteiger partial charge in [0.2, 0.25) is 5.91 Å². The Labute approximate surface area is 192 Å². The SMILES string of the molecule is CC(C)(NC(=O)c1ccc(F)cc1)C(=O)N1CCOC[C@H](Cc2ccc3cnccc3c2)C1. The number of ether oxygens (including phenoxy) is 1. The average Bonchev–Trinajstić information content (AvgIpc) is 3.04. The van der Waals surface area contributed by atoms with E-state index in [4.69, 9.17) is 4.74 Å². The van der Waals surface area contributed by atoms with Crippen molar-refractivity contribution in [2.75, 3.05) is 26.3 Å². The first-order chi connectivity index (χ1) is 15.8. The summed E-state index contributed by atoms with van der Waals surface area (Å²) in [5, 5.41) is 5.02. The number of amides is 2. The minimum absolute atomic E-state index is 0.138. The van der Waals surface area contributed by atoms with Crippen LogP contribution in [-0.2, 0) is 16.0 Å². The van der Waals surface area contributed by atoms with Crippen molar-refractivity contribution < 1.29 is 18.7 Å². The molecule has 6 nitrogen and oxygen atoms in total.